The van der Waals surface area contributed by atoms with E-state index in [1.165, 1.54) is 51.2 Å². The van der Waals surface area contributed by atoms with Gasteiger partial charge in [-0.2, -0.15) is 0 Å². The summed E-state index contributed by atoms with van der Waals surface area (Å²) in [6.45, 7) is 5.29. The normalized spacial score (nSPS) is 23.3. The summed E-state index contributed by atoms with van der Waals surface area (Å²) in [5.74, 6) is 0. The van der Waals surface area contributed by atoms with Crippen molar-refractivity contribution in [1.29, 1.82) is 0 Å². The zero-order valence-corrected chi connectivity index (χ0v) is 9.06. The van der Waals surface area contributed by atoms with E-state index >= 15 is 0 Å². The molecule has 2 heteroatoms. The Kier molecular flexibility index (Phi) is 6.35. The zero-order valence-electron chi connectivity index (χ0n) is 9.06. The maximum Gasteiger partial charge on any atom is 0.136 e. The SMILES string of the molecule is CB1CCCCCCCOCCC1. The molecule has 1 heterocycles. The molecule has 0 radical (unpaired) electrons. The van der Waals surface area contributed by atoms with Crippen LogP contribution in [0.3, 0.4) is 0 Å². The van der Waals surface area contributed by atoms with Gasteiger partial charge in [0.1, 0.15) is 6.71 Å². The molecule has 0 saturated carbocycles. The molecule has 0 bridgehead atoms. The maximum absolute atomic E-state index is 5.55. The van der Waals surface area contributed by atoms with Crippen LogP contribution in [0.4, 0.5) is 0 Å². The average Bonchev–Trinajstić information content (AvgIpc) is 2.11. The minimum absolute atomic E-state index is 0.919. The average molecular weight is 182 g/mol. The lowest BCUT2D eigenvalue weighted by Crippen LogP contribution is -2.09. The Morgan fingerprint density at radius 1 is 0.769 bits per heavy atom. The van der Waals surface area contributed by atoms with Gasteiger partial charge in [-0.1, -0.05) is 45.1 Å². The highest BCUT2D eigenvalue weighted by molar-refractivity contribution is 6.57. The van der Waals surface area contributed by atoms with Gasteiger partial charge in [0.05, 0.1) is 0 Å². The summed E-state index contributed by atoms with van der Waals surface area (Å²) in [6.07, 6.45) is 11.0. The molecule has 0 spiro atoms. The fourth-order valence-corrected chi connectivity index (χ4v) is 2.01. The van der Waals surface area contributed by atoms with Crippen molar-refractivity contribution in [2.45, 2.75) is 58.0 Å². The van der Waals surface area contributed by atoms with Crippen molar-refractivity contribution >= 4 is 6.71 Å². The van der Waals surface area contributed by atoms with Gasteiger partial charge in [0.15, 0.2) is 0 Å². The summed E-state index contributed by atoms with van der Waals surface area (Å²) in [7, 11) is 0. The van der Waals surface area contributed by atoms with Crippen LogP contribution in [0.1, 0.15) is 38.5 Å². The molecule has 0 N–H and O–H groups in total. The number of hydrogen-bond donors (Lipinski definition) is 0. The molecule has 1 nitrogen and oxygen atoms in total. The third kappa shape index (κ3) is 6.14. The highest BCUT2D eigenvalue weighted by Crippen LogP contribution is 2.12. The molecule has 0 aromatic carbocycles. The smallest absolute Gasteiger partial charge is 0.136 e. The largest absolute Gasteiger partial charge is 0.381 e. The molecule has 0 aromatic rings. The highest BCUT2D eigenvalue weighted by Gasteiger charge is 2.06. The Morgan fingerprint density at radius 2 is 1.38 bits per heavy atom. The molecule has 0 atom stereocenters. The molecular weight excluding hydrogens is 159 g/mol. The summed E-state index contributed by atoms with van der Waals surface area (Å²) in [6, 6.07) is 0. The minimum Gasteiger partial charge on any atom is -0.381 e. The second-order valence-corrected chi connectivity index (χ2v) is 4.42. The van der Waals surface area contributed by atoms with E-state index in [-0.39, 0.29) is 0 Å². The number of ether oxygens (including phenoxy) is 1. The zero-order chi connectivity index (χ0) is 9.36. The van der Waals surface area contributed by atoms with Crippen LogP contribution in [0.5, 0.6) is 0 Å². The molecule has 1 aliphatic rings. The lowest BCUT2D eigenvalue weighted by molar-refractivity contribution is 0.130. The third-order valence-electron chi connectivity index (χ3n) is 2.97. The van der Waals surface area contributed by atoms with Gasteiger partial charge in [0, 0.05) is 13.2 Å². The predicted molar refractivity (Wildman–Crippen MR) is 59.8 cm³/mol. The Morgan fingerprint density at radius 3 is 2.31 bits per heavy atom. The van der Waals surface area contributed by atoms with Crippen LogP contribution in [-0.2, 0) is 4.74 Å². The van der Waals surface area contributed by atoms with Crippen molar-refractivity contribution < 1.29 is 4.74 Å². The van der Waals surface area contributed by atoms with E-state index in [9.17, 15) is 0 Å². The molecule has 1 aliphatic heterocycles. The summed E-state index contributed by atoms with van der Waals surface area (Å²) in [4.78, 5) is 0. The van der Waals surface area contributed by atoms with Gasteiger partial charge >= 0.3 is 0 Å². The first-order valence-electron chi connectivity index (χ1n) is 5.97. The second kappa shape index (κ2) is 7.43. The van der Waals surface area contributed by atoms with Crippen molar-refractivity contribution in [2.24, 2.45) is 0 Å². The molecule has 0 amide bonds. The van der Waals surface area contributed by atoms with Crippen molar-refractivity contribution in [3.8, 4) is 0 Å². The lowest BCUT2D eigenvalue weighted by Gasteiger charge is -2.10. The molecule has 76 valence electrons. The van der Waals surface area contributed by atoms with Crippen LogP contribution in [0.15, 0.2) is 0 Å². The fraction of sp³-hybridized carbons (Fsp3) is 1.00. The van der Waals surface area contributed by atoms with E-state index in [1.54, 1.807) is 0 Å². The van der Waals surface area contributed by atoms with Crippen LogP contribution in [-0.4, -0.2) is 19.9 Å². The van der Waals surface area contributed by atoms with E-state index in [4.69, 9.17) is 4.74 Å². The summed E-state index contributed by atoms with van der Waals surface area (Å²) >= 11 is 0. The summed E-state index contributed by atoms with van der Waals surface area (Å²) in [5.41, 5.74) is 0. The Labute approximate surface area is 83.3 Å². The van der Waals surface area contributed by atoms with Gasteiger partial charge in [0.25, 0.3) is 0 Å². The van der Waals surface area contributed by atoms with Gasteiger partial charge in [0.2, 0.25) is 0 Å². The van der Waals surface area contributed by atoms with Crippen LogP contribution >= 0.6 is 0 Å². The number of rotatable bonds is 0. The lowest BCUT2D eigenvalue weighted by atomic mass is 9.46. The van der Waals surface area contributed by atoms with Crippen molar-refractivity contribution in [1.82, 2.24) is 0 Å². The van der Waals surface area contributed by atoms with Crippen LogP contribution in [0.2, 0.25) is 19.5 Å². The minimum atomic E-state index is 0.919. The van der Waals surface area contributed by atoms with Gasteiger partial charge in [-0.05, 0) is 12.8 Å². The quantitative estimate of drug-likeness (QED) is 0.521. The number of hydrogen-bond acceptors (Lipinski definition) is 1. The monoisotopic (exact) mass is 182 g/mol. The molecular formula is C11H23BO. The van der Waals surface area contributed by atoms with Crippen LogP contribution < -0.4 is 0 Å². The van der Waals surface area contributed by atoms with Gasteiger partial charge in [-0.15, -0.1) is 0 Å². The van der Waals surface area contributed by atoms with E-state index in [0.29, 0.717) is 0 Å². The molecule has 13 heavy (non-hydrogen) atoms. The van der Waals surface area contributed by atoms with E-state index in [0.717, 1.165) is 19.9 Å². The van der Waals surface area contributed by atoms with E-state index in [2.05, 4.69) is 6.82 Å². The molecule has 0 aliphatic carbocycles. The van der Waals surface area contributed by atoms with Gasteiger partial charge in [-0.25, -0.2) is 0 Å². The first kappa shape index (κ1) is 11.1. The van der Waals surface area contributed by atoms with E-state index in [1.807, 2.05) is 0 Å². The standard InChI is InChI=1S/C11H23BO/c1-12-8-5-3-2-4-6-10-13-11-7-9-12/h2-11H2,1H3. The van der Waals surface area contributed by atoms with Crippen molar-refractivity contribution in [3.63, 3.8) is 0 Å². The molecule has 1 rings (SSSR count). The van der Waals surface area contributed by atoms with Gasteiger partial charge in [-0.3, -0.25) is 0 Å². The third-order valence-corrected chi connectivity index (χ3v) is 2.97. The maximum atomic E-state index is 5.55. The van der Waals surface area contributed by atoms with Crippen molar-refractivity contribution in [2.75, 3.05) is 13.2 Å². The second-order valence-electron chi connectivity index (χ2n) is 4.42. The van der Waals surface area contributed by atoms with Crippen LogP contribution in [0.25, 0.3) is 0 Å². The molecule has 1 fully saturated rings. The Bertz CT molecular complexity index is 105. The fourth-order valence-electron chi connectivity index (χ4n) is 2.01. The Hall–Kier alpha value is 0.0249. The summed E-state index contributed by atoms with van der Waals surface area (Å²) in [5, 5.41) is 0. The topological polar surface area (TPSA) is 9.23 Å². The summed E-state index contributed by atoms with van der Waals surface area (Å²) < 4.78 is 5.55. The molecule has 0 unspecified atom stereocenters. The van der Waals surface area contributed by atoms with Crippen molar-refractivity contribution in [3.05, 3.63) is 0 Å². The predicted octanol–water partition coefficient (Wildman–Crippen LogP) is 3.48. The highest BCUT2D eigenvalue weighted by atomic mass is 16.5. The molecule has 1 saturated heterocycles. The Balaban J connectivity index is 2.11. The first-order chi connectivity index (χ1) is 6.39. The van der Waals surface area contributed by atoms with Crippen LogP contribution in [0, 0.1) is 0 Å². The van der Waals surface area contributed by atoms with Gasteiger partial charge < -0.3 is 4.74 Å². The first-order valence-corrected chi connectivity index (χ1v) is 5.97. The van der Waals surface area contributed by atoms with E-state index < -0.39 is 0 Å². The molecule has 0 aromatic heterocycles.